The van der Waals surface area contributed by atoms with E-state index < -0.39 is 17.6 Å². The molecule has 2 atom stereocenters. The Morgan fingerprint density at radius 2 is 1.57 bits per heavy atom. The highest BCUT2D eigenvalue weighted by molar-refractivity contribution is 6.08. The Hall–Kier alpha value is -3.28. The van der Waals surface area contributed by atoms with Gasteiger partial charge in [-0.3, -0.25) is 4.79 Å². The second-order valence-corrected chi connectivity index (χ2v) is 7.42. The van der Waals surface area contributed by atoms with Crippen LogP contribution in [-0.2, 0) is 6.18 Å². The number of rotatable bonds is 3. The Bertz CT molecular complexity index is 1050. The molecule has 0 aromatic heterocycles. The third-order valence-corrected chi connectivity index (χ3v) is 5.39. The van der Waals surface area contributed by atoms with Crippen LogP contribution in [0.25, 0.3) is 0 Å². The van der Waals surface area contributed by atoms with E-state index in [1.54, 1.807) is 12.1 Å². The maximum absolute atomic E-state index is 13.5. The first-order chi connectivity index (χ1) is 14.4. The van der Waals surface area contributed by atoms with Gasteiger partial charge in [0.25, 0.3) is 5.91 Å². The highest BCUT2D eigenvalue weighted by atomic mass is 19.4. The van der Waals surface area contributed by atoms with Crippen molar-refractivity contribution < 1.29 is 18.0 Å². The van der Waals surface area contributed by atoms with Gasteiger partial charge in [0.1, 0.15) is 0 Å². The van der Waals surface area contributed by atoms with E-state index in [2.05, 4.69) is 5.32 Å². The highest BCUT2D eigenvalue weighted by Gasteiger charge is 2.39. The first-order valence-electron chi connectivity index (χ1n) is 9.76. The smallest absolute Gasteiger partial charge is 0.378 e. The van der Waals surface area contributed by atoms with Crippen LogP contribution in [0.2, 0.25) is 0 Å². The number of para-hydroxylation sites is 2. The minimum atomic E-state index is -4.60. The number of halogens is 3. The summed E-state index contributed by atoms with van der Waals surface area (Å²) in [5.74, 6) is -0.638. The lowest BCUT2D eigenvalue weighted by Gasteiger charge is -2.40. The summed E-state index contributed by atoms with van der Waals surface area (Å²) < 4.78 is 40.5. The van der Waals surface area contributed by atoms with E-state index in [1.807, 2.05) is 49.4 Å². The SMILES string of the molecule is C[C@@H]1C[C@H](Nc2ccccc2)c2ccccc2N1C(=O)c1ccccc1C(F)(F)F. The predicted octanol–water partition coefficient (Wildman–Crippen LogP) is 6.30. The molecule has 0 fully saturated rings. The number of carbonyl (C=O) groups is 1. The zero-order chi connectivity index (χ0) is 21.3. The van der Waals surface area contributed by atoms with Crippen molar-refractivity contribution in [1.29, 1.82) is 0 Å². The molecule has 1 amide bonds. The lowest BCUT2D eigenvalue weighted by molar-refractivity contribution is -0.137. The maximum atomic E-state index is 13.5. The number of hydrogen-bond acceptors (Lipinski definition) is 2. The summed E-state index contributed by atoms with van der Waals surface area (Å²) in [7, 11) is 0. The van der Waals surface area contributed by atoms with E-state index in [0.717, 1.165) is 17.3 Å². The molecule has 0 spiro atoms. The Balaban J connectivity index is 1.73. The molecule has 6 heteroatoms. The van der Waals surface area contributed by atoms with Crippen molar-refractivity contribution in [3.05, 3.63) is 95.6 Å². The van der Waals surface area contributed by atoms with Gasteiger partial charge < -0.3 is 10.2 Å². The molecule has 0 saturated carbocycles. The fourth-order valence-electron chi connectivity index (χ4n) is 4.04. The van der Waals surface area contributed by atoms with Gasteiger partial charge in [-0.1, -0.05) is 48.5 Å². The number of fused-ring (bicyclic) bond motifs is 1. The van der Waals surface area contributed by atoms with Crippen molar-refractivity contribution in [2.45, 2.75) is 31.6 Å². The summed E-state index contributed by atoms with van der Waals surface area (Å²) in [5.41, 5.74) is 1.22. The fraction of sp³-hybridized carbons (Fsp3) is 0.208. The molecule has 4 rings (SSSR count). The zero-order valence-corrected chi connectivity index (χ0v) is 16.4. The maximum Gasteiger partial charge on any atom is 0.417 e. The van der Waals surface area contributed by atoms with E-state index in [0.29, 0.717) is 12.1 Å². The van der Waals surface area contributed by atoms with Gasteiger partial charge in [-0.05, 0) is 49.2 Å². The van der Waals surface area contributed by atoms with E-state index in [9.17, 15) is 18.0 Å². The Kier molecular flexibility index (Phi) is 5.24. The molecule has 1 N–H and O–H groups in total. The summed E-state index contributed by atoms with van der Waals surface area (Å²) in [6, 6.07) is 21.7. The van der Waals surface area contributed by atoms with Crippen molar-refractivity contribution in [3.8, 4) is 0 Å². The number of hydrogen-bond donors (Lipinski definition) is 1. The van der Waals surface area contributed by atoms with Crippen molar-refractivity contribution in [2.75, 3.05) is 10.2 Å². The van der Waals surface area contributed by atoms with E-state index in [-0.39, 0.29) is 17.6 Å². The van der Waals surface area contributed by atoms with Crippen LogP contribution in [0, 0.1) is 0 Å². The quantitative estimate of drug-likeness (QED) is 0.550. The van der Waals surface area contributed by atoms with Gasteiger partial charge >= 0.3 is 6.18 Å². The Morgan fingerprint density at radius 1 is 0.933 bits per heavy atom. The topological polar surface area (TPSA) is 32.3 Å². The molecule has 1 aliphatic heterocycles. The molecule has 0 aliphatic carbocycles. The summed E-state index contributed by atoms with van der Waals surface area (Å²) in [5, 5.41) is 3.48. The molecule has 1 aliphatic rings. The second-order valence-electron chi connectivity index (χ2n) is 7.42. The van der Waals surface area contributed by atoms with Crippen LogP contribution in [0.15, 0.2) is 78.9 Å². The minimum Gasteiger partial charge on any atom is -0.378 e. The molecule has 3 nitrogen and oxygen atoms in total. The summed E-state index contributed by atoms with van der Waals surface area (Å²) in [6.07, 6.45) is -4.02. The summed E-state index contributed by atoms with van der Waals surface area (Å²) in [4.78, 5) is 14.8. The minimum absolute atomic E-state index is 0.0551. The van der Waals surface area contributed by atoms with E-state index in [1.165, 1.54) is 23.1 Å². The average Bonchev–Trinajstić information content (AvgIpc) is 2.74. The molecule has 3 aromatic carbocycles. The van der Waals surface area contributed by atoms with Crippen LogP contribution in [-0.4, -0.2) is 11.9 Å². The van der Waals surface area contributed by atoms with E-state index >= 15 is 0 Å². The number of carbonyl (C=O) groups excluding carboxylic acids is 1. The zero-order valence-electron chi connectivity index (χ0n) is 16.4. The normalized spacial score (nSPS) is 18.6. The monoisotopic (exact) mass is 410 g/mol. The van der Waals surface area contributed by atoms with Crippen molar-refractivity contribution >= 4 is 17.3 Å². The summed E-state index contributed by atoms with van der Waals surface area (Å²) >= 11 is 0. The molecule has 0 unspecified atom stereocenters. The molecule has 30 heavy (non-hydrogen) atoms. The van der Waals surface area contributed by atoms with Crippen molar-refractivity contribution in [3.63, 3.8) is 0 Å². The van der Waals surface area contributed by atoms with Crippen LogP contribution in [0.1, 0.15) is 40.9 Å². The van der Waals surface area contributed by atoms with Crippen LogP contribution in [0.5, 0.6) is 0 Å². The van der Waals surface area contributed by atoms with Gasteiger partial charge in [0.2, 0.25) is 0 Å². The number of benzene rings is 3. The molecular weight excluding hydrogens is 389 g/mol. The first kappa shape index (κ1) is 20.0. The van der Waals surface area contributed by atoms with Gasteiger partial charge in [0, 0.05) is 17.4 Å². The average molecular weight is 410 g/mol. The molecule has 0 saturated heterocycles. The highest BCUT2D eigenvalue weighted by Crippen LogP contribution is 2.41. The van der Waals surface area contributed by atoms with Crippen molar-refractivity contribution in [2.24, 2.45) is 0 Å². The number of amides is 1. The second kappa shape index (κ2) is 7.86. The van der Waals surface area contributed by atoms with Crippen LogP contribution >= 0.6 is 0 Å². The Labute approximate surface area is 173 Å². The number of nitrogens with zero attached hydrogens (tertiary/aromatic N) is 1. The van der Waals surface area contributed by atoms with Gasteiger partial charge in [0.15, 0.2) is 0 Å². The van der Waals surface area contributed by atoms with Gasteiger partial charge in [0.05, 0.1) is 17.2 Å². The molecule has 0 bridgehead atoms. The number of anilines is 2. The van der Waals surface area contributed by atoms with Crippen LogP contribution in [0.4, 0.5) is 24.5 Å². The number of alkyl halides is 3. The predicted molar refractivity (Wildman–Crippen MR) is 112 cm³/mol. The summed E-state index contributed by atoms with van der Waals surface area (Å²) in [6.45, 7) is 1.86. The largest absolute Gasteiger partial charge is 0.417 e. The van der Waals surface area contributed by atoms with Gasteiger partial charge in [-0.2, -0.15) is 13.2 Å². The molecule has 3 aromatic rings. The fourth-order valence-corrected chi connectivity index (χ4v) is 4.04. The molecule has 1 heterocycles. The third-order valence-electron chi connectivity index (χ3n) is 5.39. The standard InChI is InChI=1S/C24H21F3N2O/c1-16-15-21(28-17-9-3-2-4-10-17)19-12-6-8-14-22(19)29(16)23(30)18-11-5-7-13-20(18)24(25,26)27/h2-14,16,21,28H,15H2,1H3/t16-,21+/m1/s1. The number of nitrogens with one attached hydrogen (secondary N) is 1. The van der Waals surface area contributed by atoms with Gasteiger partial charge in [-0.25, -0.2) is 0 Å². The molecule has 0 radical (unpaired) electrons. The first-order valence-corrected chi connectivity index (χ1v) is 9.76. The van der Waals surface area contributed by atoms with Crippen molar-refractivity contribution in [1.82, 2.24) is 0 Å². The lowest BCUT2D eigenvalue weighted by atomic mass is 9.90. The lowest BCUT2D eigenvalue weighted by Crippen LogP contribution is -2.44. The van der Waals surface area contributed by atoms with Crippen LogP contribution < -0.4 is 10.2 Å². The van der Waals surface area contributed by atoms with E-state index in [4.69, 9.17) is 0 Å². The van der Waals surface area contributed by atoms with Crippen LogP contribution in [0.3, 0.4) is 0 Å². The molecule has 154 valence electrons. The third kappa shape index (κ3) is 3.77. The Morgan fingerprint density at radius 3 is 2.30 bits per heavy atom. The van der Waals surface area contributed by atoms with Gasteiger partial charge in [-0.15, -0.1) is 0 Å². The molecular formula is C24H21F3N2O.